The second-order valence-corrected chi connectivity index (χ2v) is 4.51. The molecule has 0 aromatic heterocycles. The van der Waals surface area contributed by atoms with E-state index in [-0.39, 0.29) is 0 Å². The van der Waals surface area contributed by atoms with Crippen molar-refractivity contribution in [3.8, 4) is 0 Å². The SMILES string of the molecule is C[N+](C)(C)Cc1ccc(Cl)cc1. The minimum absolute atomic E-state index is 0.806. The van der Waals surface area contributed by atoms with Gasteiger partial charge < -0.3 is 4.48 Å². The quantitative estimate of drug-likeness (QED) is 0.620. The van der Waals surface area contributed by atoms with Gasteiger partial charge in [-0.25, -0.2) is 0 Å². The van der Waals surface area contributed by atoms with E-state index < -0.39 is 0 Å². The van der Waals surface area contributed by atoms with Gasteiger partial charge in [0.2, 0.25) is 0 Å². The maximum absolute atomic E-state index is 5.78. The summed E-state index contributed by atoms with van der Waals surface area (Å²) < 4.78 is 0.946. The normalized spacial score (nSPS) is 11.7. The van der Waals surface area contributed by atoms with Gasteiger partial charge in [0.15, 0.2) is 0 Å². The van der Waals surface area contributed by atoms with Gasteiger partial charge in [0, 0.05) is 10.6 Å². The Bertz CT molecular complexity index is 246. The number of quaternary nitrogens is 1. The largest absolute Gasteiger partial charge is 0.327 e. The third-order valence-corrected chi connectivity index (χ3v) is 1.82. The molecule has 0 saturated carbocycles. The van der Waals surface area contributed by atoms with Crippen molar-refractivity contribution in [2.24, 2.45) is 0 Å². The number of nitrogens with zero attached hydrogens (tertiary/aromatic N) is 1. The Balaban J connectivity index is 2.71. The third-order valence-electron chi connectivity index (χ3n) is 1.57. The predicted molar refractivity (Wildman–Crippen MR) is 53.2 cm³/mol. The van der Waals surface area contributed by atoms with Crippen molar-refractivity contribution in [3.05, 3.63) is 34.9 Å². The average Bonchev–Trinajstić information content (AvgIpc) is 1.91. The first-order chi connectivity index (χ1) is 5.47. The lowest BCUT2D eigenvalue weighted by Gasteiger charge is -2.23. The van der Waals surface area contributed by atoms with E-state index in [9.17, 15) is 0 Å². The summed E-state index contributed by atoms with van der Waals surface area (Å²) in [5.74, 6) is 0. The Morgan fingerprint density at radius 2 is 1.58 bits per heavy atom. The zero-order chi connectivity index (χ0) is 9.19. The lowest BCUT2D eigenvalue weighted by molar-refractivity contribution is -0.884. The van der Waals surface area contributed by atoms with Crippen molar-refractivity contribution in [2.45, 2.75) is 6.54 Å². The first kappa shape index (κ1) is 9.56. The fraction of sp³-hybridized carbons (Fsp3) is 0.400. The fourth-order valence-electron chi connectivity index (χ4n) is 1.14. The van der Waals surface area contributed by atoms with Gasteiger partial charge in [0.25, 0.3) is 0 Å². The van der Waals surface area contributed by atoms with Crippen LogP contribution in [-0.2, 0) is 6.54 Å². The van der Waals surface area contributed by atoms with Crippen LogP contribution in [0.1, 0.15) is 5.56 Å². The van der Waals surface area contributed by atoms with Gasteiger partial charge in [-0.15, -0.1) is 0 Å². The van der Waals surface area contributed by atoms with E-state index in [1.54, 1.807) is 0 Å². The maximum atomic E-state index is 5.78. The van der Waals surface area contributed by atoms with E-state index in [4.69, 9.17) is 11.6 Å². The van der Waals surface area contributed by atoms with E-state index >= 15 is 0 Å². The van der Waals surface area contributed by atoms with E-state index in [0.29, 0.717) is 0 Å². The Hall–Kier alpha value is -0.530. The molecule has 0 heterocycles. The summed E-state index contributed by atoms with van der Waals surface area (Å²) in [4.78, 5) is 0. The summed E-state index contributed by atoms with van der Waals surface area (Å²) in [7, 11) is 6.53. The Morgan fingerprint density at radius 1 is 1.08 bits per heavy atom. The number of hydrogen-bond acceptors (Lipinski definition) is 0. The van der Waals surface area contributed by atoms with E-state index in [1.165, 1.54) is 5.56 Å². The molecule has 66 valence electrons. The van der Waals surface area contributed by atoms with Gasteiger partial charge in [0.05, 0.1) is 21.1 Å². The Morgan fingerprint density at radius 3 is 2.00 bits per heavy atom. The standard InChI is InChI=1S/C10H15ClN/c1-12(2,3)8-9-4-6-10(11)7-5-9/h4-7H,8H2,1-3H3/q+1. The van der Waals surface area contributed by atoms with Crippen LogP contribution in [-0.4, -0.2) is 25.6 Å². The molecule has 0 radical (unpaired) electrons. The predicted octanol–water partition coefficient (Wildman–Crippen LogP) is 2.55. The number of rotatable bonds is 2. The smallest absolute Gasteiger partial charge is 0.104 e. The van der Waals surface area contributed by atoms with Gasteiger partial charge in [-0.05, 0) is 12.1 Å². The lowest BCUT2D eigenvalue weighted by Crippen LogP contribution is -2.33. The van der Waals surface area contributed by atoms with Crippen molar-refractivity contribution in [2.75, 3.05) is 21.1 Å². The van der Waals surface area contributed by atoms with Crippen LogP contribution in [0.4, 0.5) is 0 Å². The minimum Gasteiger partial charge on any atom is -0.327 e. The summed E-state index contributed by atoms with van der Waals surface area (Å²) in [5.41, 5.74) is 1.33. The zero-order valence-corrected chi connectivity index (χ0v) is 8.60. The van der Waals surface area contributed by atoms with E-state index in [2.05, 4.69) is 33.3 Å². The average molecular weight is 185 g/mol. The van der Waals surface area contributed by atoms with Crippen molar-refractivity contribution < 1.29 is 4.48 Å². The summed E-state index contributed by atoms with van der Waals surface area (Å²) in [6.07, 6.45) is 0. The molecular formula is C10H15ClN+. The zero-order valence-electron chi connectivity index (χ0n) is 7.84. The molecule has 0 atom stereocenters. The van der Waals surface area contributed by atoms with Gasteiger partial charge in [0.1, 0.15) is 6.54 Å². The Labute approximate surface area is 79.2 Å². The van der Waals surface area contributed by atoms with Gasteiger partial charge in [-0.3, -0.25) is 0 Å². The molecule has 0 unspecified atom stereocenters. The van der Waals surface area contributed by atoms with Crippen LogP contribution < -0.4 is 0 Å². The molecule has 0 bridgehead atoms. The van der Waals surface area contributed by atoms with Crippen molar-refractivity contribution in [3.63, 3.8) is 0 Å². The fourth-order valence-corrected chi connectivity index (χ4v) is 1.26. The van der Waals surface area contributed by atoms with Gasteiger partial charge in [-0.1, -0.05) is 23.7 Å². The first-order valence-corrected chi connectivity index (χ1v) is 4.40. The second kappa shape index (κ2) is 3.46. The molecule has 1 rings (SSSR count). The molecule has 0 aliphatic carbocycles. The topological polar surface area (TPSA) is 0 Å². The van der Waals surface area contributed by atoms with Crippen LogP contribution in [0.2, 0.25) is 5.02 Å². The minimum atomic E-state index is 0.806. The summed E-state index contributed by atoms with van der Waals surface area (Å²) in [5, 5.41) is 0.806. The van der Waals surface area contributed by atoms with Crippen molar-refractivity contribution >= 4 is 11.6 Å². The third kappa shape index (κ3) is 3.24. The number of hydrogen-bond donors (Lipinski definition) is 0. The van der Waals surface area contributed by atoms with Crippen LogP contribution in [0.3, 0.4) is 0 Å². The van der Waals surface area contributed by atoms with Crippen LogP contribution in [0.15, 0.2) is 24.3 Å². The lowest BCUT2D eigenvalue weighted by atomic mass is 10.2. The van der Waals surface area contributed by atoms with Crippen LogP contribution in [0.25, 0.3) is 0 Å². The van der Waals surface area contributed by atoms with Crippen LogP contribution >= 0.6 is 11.6 Å². The monoisotopic (exact) mass is 184 g/mol. The molecule has 0 spiro atoms. The molecule has 1 aromatic rings. The van der Waals surface area contributed by atoms with Crippen LogP contribution in [0, 0.1) is 0 Å². The maximum Gasteiger partial charge on any atom is 0.104 e. The molecule has 0 fully saturated rings. The highest BCUT2D eigenvalue weighted by Gasteiger charge is 2.07. The molecule has 0 N–H and O–H groups in total. The van der Waals surface area contributed by atoms with Crippen molar-refractivity contribution in [1.29, 1.82) is 0 Å². The summed E-state index contributed by atoms with van der Waals surface area (Å²) >= 11 is 5.78. The molecular weight excluding hydrogens is 170 g/mol. The molecule has 0 aliphatic heterocycles. The number of benzene rings is 1. The van der Waals surface area contributed by atoms with Gasteiger partial charge >= 0.3 is 0 Å². The molecule has 0 aliphatic rings. The molecule has 0 saturated heterocycles. The van der Waals surface area contributed by atoms with E-state index in [0.717, 1.165) is 16.1 Å². The molecule has 2 heteroatoms. The summed E-state index contributed by atoms with van der Waals surface area (Å²) in [6, 6.07) is 8.02. The highest BCUT2D eigenvalue weighted by atomic mass is 35.5. The highest BCUT2D eigenvalue weighted by molar-refractivity contribution is 6.30. The molecule has 0 amide bonds. The molecule has 1 aromatic carbocycles. The number of halogens is 1. The molecule has 12 heavy (non-hydrogen) atoms. The molecule has 1 nitrogen and oxygen atoms in total. The first-order valence-electron chi connectivity index (χ1n) is 4.02. The van der Waals surface area contributed by atoms with Crippen LogP contribution in [0.5, 0.6) is 0 Å². The highest BCUT2D eigenvalue weighted by Crippen LogP contribution is 2.12. The summed E-state index contributed by atoms with van der Waals surface area (Å²) in [6.45, 7) is 1.04. The Kier molecular flexibility index (Phi) is 2.76. The van der Waals surface area contributed by atoms with Gasteiger partial charge in [-0.2, -0.15) is 0 Å². The van der Waals surface area contributed by atoms with E-state index in [1.807, 2.05) is 12.1 Å². The second-order valence-electron chi connectivity index (χ2n) is 4.07. The van der Waals surface area contributed by atoms with Crippen molar-refractivity contribution in [1.82, 2.24) is 0 Å².